The van der Waals surface area contributed by atoms with Crippen molar-refractivity contribution in [2.75, 3.05) is 23.8 Å². The number of thiophene rings is 1. The van der Waals surface area contributed by atoms with Gasteiger partial charge in [-0.25, -0.2) is 0 Å². The number of nitrogen functional groups attached to an aromatic ring is 1. The van der Waals surface area contributed by atoms with Crippen LogP contribution < -0.4 is 11.1 Å². The number of amides is 1. The number of carbonyl (C=O) groups is 1. The van der Waals surface area contributed by atoms with Gasteiger partial charge >= 0.3 is 8.03 Å². The Bertz CT molecular complexity index is 956. The third-order valence-corrected chi connectivity index (χ3v) is 6.23. The molecular formula is C21H22N2O3PS+. The Labute approximate surface area is 169 Å². The molecule has 0 aliphatic rings. The molecule has 5 nitrogen and oxygen atoms in total. The molecule has 0 spiro atoms. The fourth-order valence-corrected chi connectivity index (χ4v) is 4.29. The van der Waals surface area contributed by atoms with Gasteiger partial charge in [0.1, 0.15) is 0 Å². The highest BCUT2D eigenvalue weighted by molar-refractivity contribution is 7.39. The van der Waals surface area contributed by atoms with Gasteiger partial charge in [0.05, 0.1) is 18.0 Å². The first kappa shape index (κ1) is 20.2. The molecule has 2 aromatic carbocycles. The largest absolute Gasteiger partial charge is 0.508 e. The second kappa shape index (κ2) is 9.60. The summed E-state index contributed by atoms with van der Waals surface area (Å²) >= 11 is 1.63. The number of carbonyl (C=O) groups excluding carboxylic acids is 1. The minimum atomic E-state index is -1.62. The zero-order chi connectivity index (χ0) is 19.9. The molecule has 0 aliphatic carbocycles. The summed E-state index contributed by atoms with van der Waals surface area (Å²) in [4.78, 5) is 13.7. The van der Waals surface area contributed by atoms with E-state index in [0.717, 1.165) is 16.0 Å². The van der Waals surface area contributed by atoms with E-state index in [-0.39, 0.29) is 5.91 Å². The van der Waals surface area contributed by atoms with Gasteiger partial charge in [0.15, 0.2) is 6.16 Å². The molecule has 7 heteroatoms. The van der Waals surface area contributed by atoms with E-state index in [9.17, 15) is 9.36 Å². The predicted molar refractivity (Wildman–Crippen MR) is 116 cm³/mol. The van der Waals surface area contributed by atoms with E-state index in [1.807, 2.05) is 48.7 Å². The molecule has 0 fully saturated rings. The molecule has 1 aromatic heterocycles. The lowest BCUT2D eigenvalue weighted by Crippen LogP contribution is -2.13. The van der Waals surface area contributed by atoms with Crippen molar-refractivity contribution in [1.29, 1.82) is 0 Å². The SMILES string of the molecule is CCO[P+](=O)CCc1ccc(C(=O)Nc2cc(-c3cccs3)ccc2N)cc1. The van der Waals surface area contributed by atoms with Crippen molar-refractivity contribution < 1.29 is 13.9 Å². The van der Waals surface area contributed by atoms with Gasteiger partial charge in [-0.15, -0.1) is 15.9 Å². The van der Waals surface area contributed by atoms with Gasteiger partial charge in [0.2, 0.25) is 0 Å². The van der Waals surface area contributed by atoms with Crippen molar-refractivity contribution in [3.8, 4) is 10.4 Å². The Kier molecular flexibility index (Phi) is 6.93. The summed E-state index contributed by atoms with van der Waals surface area (Å²) in [5, 5.41) is 4.90. The second-order valence-corrected chi connectivity index (χ2v) is 8.47. The van der Waals surface area contributed by atoms with E-state index in [0.29, 0.717) is 36.1 Å². The van der Waals surface area contributed by atoms with E-state index in [4.69, 9.17) is 10.3 Å². The van der Waals surface area contributed by atoms with Crippen molar-refractivity contribution in [3.05, 3.63) is 71.1 Å². The summed E-state index contributed by atoms with van der Waals surface area (Å²) in [6.45, 7) is 2.27. The summed E-state index contributed by atoms with van der Waals surface area (Å²) in [6, 6.07) is 16.9. The van der Waals surface area contributed by atoms with Crippen LogP contribution in [0.2, 0.25) is 0 Å². The van der Waals surface area contributed by atoms with Crippen molar-refractivity contribution in [2.45, 2.75) is 13.3 Å². The summed E-state index contributed by atoms with van der Waals surface area (Å²) in [6.07, 6.45) is 1.12. The molecule has 0 bridgehead atoms. The molecule has 1 unspecified atom stereocenters. The number of hydrogen-bond donors (Lipinski definition) is 2. The lowest BCUT2D eigenvalue weighted by atomic mass is 10.1. The molecule has 28 heavy (non-hydrogen) atoms. The summed E-state index contributed by atoms with van der Waals surface area (Å²) in [7, 11) is -1.62. The van der Waals surface area contributed by atoms with E-state index in [1.54, 1.807) is 29.5 Å². The van der Waals surface area contributed by atoms with Crippen LogP contribution >= 0.6 is 19.4 Å². The molecule has 0 radical (unpaired) electrons. The molecule has 3 rings (SSSR count). The van der Waals surface area contributed by atoms with E-state index in [1.165, 1.54) is 0 Å². The summed E-state index contributed by atoms with van der Waals surface area (Å²) in [5.74, 6) is -0.220. The maximum Gasteiger partial charge on any atom is 0.508 e. The Hall–Kier alpha value is -2.53. The number of aryl methyl sites for hydroxylation is 1. The second-order valence-electron chi connectivity index (χ2n) is 6.15. The lowest BCUT2D eigenvalue weighted by molar-refractivity contribution is 0.102. The Morgan fingerprint density at radius 2 is 1.96 bits per heavy atom. The molecule has 0 aliphatic heterocycles. The molecule has 1 atom stereocenters. The maximum atomic E-state index is 12.6. The Balaban J connectivity index is 1.66. The number of benzene rings is 2. The molecule has 1 heterocycles. The molecule has 3 aromatic rings. The highest BCUT2D eigenvalue weighted by Crippen LogP contribution is 2.30. The number of hydrogen-bond acceptors (Lipinski definition) is 5. The van der Waals surface area contributed by atoms with Gasteiger partial charge in [0, 0.05) is 16.9 Å². The predicted octanol–water partition coefficient (Wildman–Crippen LogP) is 5.57. The van der Waals surface area contributed by atoms with E-state index < -0.39 is 8.03 Å². The van der Waals surface area contributed by atoms with Crippen LogP contribution in [0.3, 0.4) is 0 Å². The normalized spacial score (nSPS) is 11.2. The van der Waals surface area contributed by atoms with Gasteiger partial charge in [-0.2, -0.15) is 0 Å². The molecular weight excluding hydrogens is 391 g/mol. The topological polar surface area (TPSA) is 81.4 Å². The summed E-state index contributed by atoms with van der Waals surface area (Å²) in [5.41, 5.74) is 9.71. The smallest absolute Gasteiger partial charge is 0.397 e. The zero-order valence-corrected chi connectivity index (χ0v) is 17.3. The number of nitrogens with two attached hydrogens (primary N) is 1. The first-order chi connectivity index (χ1) is 13.6. The average Bonchev–Trinajstić information content (AvgIpc) is 3.23. The zero-order valence-electron chi connectivity index (χ0n) is 15.6. The van der Waals surface area contributed by atoms with Crippen molar-refractivity contribution >= 4 is 36.6 Å². The fraction of sp³-hybridized carbons (Fsp3) is 0.190. The van der Waals surface area contributed by atoms with Gasteiger partial charge in [-0.1, -0.05) is 24.3 Å². The quantitative estimate of drug-likeness (QED) is 0.374. The third-order valence-electron chi connectivity index (χ3n) is 4.18. The maximum absolute atomic E-state index is 12.6. The molecule has 3 N–H and O–H groups in total. The van der Waals surface area contributed by atoms with E-state index >= 15 is 0 Å². The van der Waals surface area contributed by atoms with Crippen LogP contribution in [0.5, 0.6) is 0 Å². The summed E-state index contributed by atoms with van der Waals surface area (Å²) < 4.78 is 16.7. The van der Waals surface area contributed by atoms with E-state index in [2.05, 4.69) is 5.32 Å². The van der Waals surface area contributed by atoms with Crippen molar-refractivity contribution in [1.82, 2.24) is 0 Å². The molecule has 144 valence electrons. The van der Waals surface area contributed by atoms with Crippen molar-refractivity contribution in [3.63, 3.8) is 0 Å². The lowest BCUT2D eigenvalue weighted by Gasteiger charge is -2.10. The van der Waals surface area contributed by atoms with Crippen LogP contribution in [0.25, 0.3) is 10.4 Å². The number of anilines is 2. The first-order valence-electron chi connectivity index (χ1n) is 8.98. The van der Waals surface area contributed by atoms with Crippen LogP contribution in [0, 0.1) is 0 Å². The van der Waals surface area contributed by atoms with Gasteiger partial charge < -0.3 is 11.1 Å². The van der Waals surface area contributed by atoms with Crippen LogP contribution in [0.15, 0.2) is 60.0 Å². The van der Waals surface area contributed by atoms with Crippen LogP contribution in [-0.4, -0.2) is 18.7 Å². The standard InChI is InChI=1S/C21H21N2O3PS/c1-2-26-27(25)12-11-15-5-7-16(8-6-15)21(24)23-19-14-17(9-10-18(19)22)20-4-3-13-28-20/h3-10,13-14H,2,11-12,22H2,1H3/p+1. The molecule has 1 amide bonds. The van der Waals surface area contributed by atoms with Gasteiger partial charge in [-0.3, -0.25) is 4.79 Å². The number of nitrogens with one attached hydrogen (secondary N) is 1. The monoisotopic (exact) mass is 413 g/mol. The highest BCUT2D eigenvalue weighted by Gasteiger charge is 2.16. The van der Waals surface area contributed by atoms with Crippen LogP contribution in [0.1, 0.15) is 22.8 Å². The third kappa shape index (κ3) is 5.26. The minimum Gasteiger partial charge on any atom is -0.397 e. The average molecular weight is 413 g/mol. The number of rotatable bonds is 8. The fourth-order valence-electron chi connectivity index (χ4n) is 2.71. The Morgan fingerprint density at radius 3 is 2.64 bits per heavy atom. The van der Waals surface area contributed by atoms with Crippen molar-refractivity contribution in [2.24, 2.45) is 0 Å². The van der Waals surface area contributed by atoms with Crippen LogP contribution in [0.4, 0.5) is 11.4 Å². The van der Waals surface area contributed by atoms with Crippen LogP contribution in [-0.2, 0) is 15.5 Å². The first-order valence-corrected chi connectivity index (χ1v) is 11.2. The molecule has 0 saturated heterocycles. The minimum absolute atomic E-state index is 0.220. The molecule has 0 saturated carbocycles. The van der Waals surface area contributed by atoms with Gasteiger partial charge in [0.25, 0.3) is 5.91 Å². The highest BCUT2D eigenvalue weighted by atomic mass is 32.1. The van der Waals surface area contributed by atoms with Gasteiger partial charge in [-0.05, 0) is 58.3 Å². The Morgan fingerprint density at radius 1 is 1.18 bits per heavy atom.